The number of benzene rings is 4. The van der Waals surface area contributed by atoms with Gasteiger partial charge < -0.3 is 23.8 Å². The molecule has 0 aromatic heterocycles. The molecule has 1 unspecified atom stereocenters. The molecule has 0 spiro atoms. The number of hydrogen-bond acceptors (Lipinski definition) is 5. The molecule has 1 aliphatic heterocycles. The van der Waals surface area contributed by atoms with Gasteiger partial charge in [0.25, 0.3) is 5.91 Å². The SMILES string of the molecule is CCN(CC)C(=O)c1ccc(C2C[C@H](OCc3ccccc3)[C@@H](OCc3ccccc3)[C@H](C)O2)c(OCc2ccccc2)c1. The van der Waals surface area contributed by atoms with Gasteiger partial charge in [-0.2, -0.15) is 0 Å². The van der Waals surface area contributed by atoms with Crippen LogP contribution in [0.25, 0.3) is 0 Å². The van der Waals surface area contributed by atoms with Crippen LogP contribution in [0.2, 0.25) is 0 Å². The van der Waals surface area contributed by atoms with Crippen molar-refractivity contribution in [1.82, 2.24) is 4.90 Å². The summed E-state index contributed by atoms with van der Waals surface area (Å²) < 4.78 is 26.1. The predicted molar refractivity (Wildman–Crippen MR) is 172 cm³/mol. The summed E-state index contributed by atoms with van der Waals surface area (Å²) in [5.74, 6) is 0.636. The molecule has 1 aliphatic rings. The summed E-state index contributed by atoms with van der Waals surface area (Å²) >= 11 is 0. The van der Waals surface area contributed by atoms with Crippen LogP contribution in [-0.2, 0) is 34.0 Å². The average molecular weight is 594 g/mol. The zero-order valence-electron chi connectivity index (χ0n) is 25.9. The first-order valence-electron chi connectivity index (χ1n) is 15.6. The minimum absolute atomic E-state index is 0.0116. The van der Waals surface area contributed by atoms with Gasteiger partial charge in [0.1, 0.15) is 18.5 Å². The van der Waals surface area contributed by atoms with Crippen LogP contribution in [-0.4, -0.2) is 42.2 Å². The Kier molecular flexibility index (Phi) is 11.2. The lowest BCUT2D eigenvalue weighted by molar-refractivity contribution is -0.204. The van der Waals surface area contributed by atoms with E-state index in [1.165, 1.54) is 0 Å². The van der Waals surface area contributed by atoms with Gasteiger partial charge in [0, 0.05) is 30.6 Å². The van der Waals surface area contributed by atoms with E-state index < -0.39 is 0 Å². The van der Waals surface area contributed by atoms with Gasteiger partial charge in [0.2, 0.25) is 0 Å². The fraction of sp³-hybridized carbons (Fsp3) is 0.342. The highest BCUT2D eigenvalue weighted by Gasteiger charge is 2.40. The van der Waals surface area contributed by atoms with Crippen molar-refractivity contribution in [2.75, 3.05) is 13.1 Å². The molecule has 0 bridgehead atoms. The summed E-state index contributed by atoms with van der Waals surface area (Å²) in [5.41, 5.74) is 4.77. The van der Waals surface area contributed by atoms with E-state index in [9.17, 15) is 4.79 Å². The summed E-state index contributed by atoms with van der Waals surface area (Å²) in [5, 5.41) is 0. The molecule has 5 rings (SSSR count). The van der Waals surface area contributed by atoms with E-state index in [2.05, 4.69) is 24.3 Å². The molecule has 1 heterocycles. The van der Waals surface area contributed by atoms with Crippen molar-refractivity contribution in [2.24, 2.45) is 0 Å². The van der Waals surface area contributed by atoms with Gasteiger partial charge in [-0.3, -0.25) is 4.79 Å². The Labute approximate surface area is 261 Å². The molecule has 6 nitrogen and oxygen atoms in total. The first-order valence-corrected chi connectivity index (χ1v) is 15.6. The molecular weight excluding hydrogens is 550 g/mol. The van der Waals surface area contributed by atoms with E-state index in [0.29, 0.717) is 50.6 Å². The Morgan fingerprint density at radius 1 is 0.750 bits per heavy atom. The summed E-state index contributed by atoms with van der Waals surface area (Å²) in [6.07, 6.45) is -0.427. The number of carbonyl (C=O) groups is 1. The third-order valence-electron chi connectivity index (χ3n) is 8.14. The van der Waals surface area contributed by atoms with Crippen molar-refractivity contribution in [2.45, 2.75) is 71.4 Å². The Balaban J connectivity index is 1.41. The molecule has 1 amide bonds. The van der Waals surface area contributed by atoms with Gasteiger partial charge in [-0.05, 0) is 49.6 Å². The van der Waals surface area contributed by atoms with Gasteiger partial charge in [-0.25, -0.2) is 0 Å². The molecular formula is C38H43NO5. The highest BCUT2D eigenvalue weighted by atomic mass is 16.6. The quantitative estimate of drug-likeness (QED) is 0.159. The van der Waals surface area contributed by atoms with Crippen LogP contribution in [0.1, 0.15) is 65.9 Å². The van der Waals surface area contributed by atoms with Gasteiger partial charge in [0.05, 0.1) is 31.5 Å². The van der Waals surface area contributed by atoms with Crippen molar-refractivity contribution in [3.05, 3.63) is 137 Å². The fourth-order valence-electron chi connectivity index (χ4n) is 5.68. The molecule has 0 aliphatic carbocycles. The molecule has 1 saturated heterocycles. The molecule has 1 fully saturated rings. The van der Waals surface area contributed by atoms with Gasteiger partial charge >= 0.3 is 0 Å². The minimum Gasteiger partial charge on any atom is -0.488 e. The summed E-state index contributed by atoms with van der Waals surface area (Å²) in [6.45, 7) is 8.65. The molecule has 4 aromatic carbocycles. The Hall–Kier alpha value is -3.97. The zero-order chi connectivity index (χ0) is 30.7. The van der Waals surface area contributed by atoms with Gasteiger partial charge in [-0.15, -0.1) is 0 Å². The maximum Gasteiger partial charge on any atom is 0.253 e. The molecule has 230 valence electrons. The lowest BCUT2D eigenvalue weighted by Gasteiger charge is -2.41. The van der Waals surface area contributed by atoms with Crippen LogP contribution in [0.4, 0.5) is 0 Å². The smallest absolute Gasteiger partial charge is 0.253 e. The average Bonchev–Trinajstić information content (AvgIpc) is 3.07. The van der Waals surface area contributed by atoms with Crippen molar-refractivity contribution < 1.29 is 23.7 Å². The molecule has 6 heteroatoms. The van der Waals surface area contributed by atoms with E-state index in [-0.39, 0.29) is 30.3 Å². The first-order chi connectivity index (χ1) is 21.6. The lowest BCUT2D eigenvalue weighted by atomic mass is 9.92. The van der Waals surface area contributed by atoms with E-state index in [1.807, 2.05) is 111 Å². The summed E-state index contributed by atoms with van der Waals surface area (Å²) in [7, 11) is 0. The molecule has 44 heavy (non-hydrogen) atoms. The van der Waals surface area contributed by atoms with Crippen molar-refractivity contribution >= 4 is 5.91 Å². The third kappa shape index (κ3) is 8.14. The Bertz CT molecular complexity index is 1440. The van der Waals surface area contributed by atoms with Gasteiger partial charge in [-0.1, -0.05) is 97.1 Å². The Morgan fingerprint density at radius 2 is 1.30 bits per heavy atom. The lowest BCUT2D eigenvalue weighted by Crippen LogP contribution is -2.47. The number of ether oxygens (including phenoxy) is 4. The highest BCUT2D eigenvalue weighted by molar-refractivity contribution is 5.94. The van der Waals surface area contributed by atoms with Crippen molar-refractivity contribution in [1.29, 1.82) is 0 Å². The van der Waals surface area contributed by atoms with Crippen LogP contribution in [0.5, 0.6) is 5.75 Å². The molecule has 0 N–H and O–H groups in total. The first kappa shape index (κ1) is 31.5. The summed E-state index contributed by atoms with van der Waals surface area (Å²) in [6, 6.07) is 36.1. The van der Waals surface area contributed by atoms with Gasteiger partial charge in [0.15, 0.2) is 0 Å². The number of nitrogens with zero attached hydrogens (tertiary/aromatic N) is 1. The second-order valence-electron chi connectivity index (χ2n) is 11.2. The van der Waals surface area contributed by atoms with Crippen molar-refractivity contribution in [3.63, 3.8) is 0 Å². The fourth-order valence-corrected chi connectivity index (χ4v) is 5.68. The van der Waals surface area contributed by atoms with Crippen LogP contribution in [0.15, 0.2) is 109 Å². The third-order valence-corrected chi connectivity index (χ3v) is 8.14. The normalized spacial score (nSPS) is 19.8. The Morgan fingerprint density at radius 3 is 1.86 bits per heavy atom. The number of hydrogen-bond donors (Lipinski definition) is 0. The molecule has 0 radical (unpaired) electrons. The van der Waals surface area contributed by atoms with Crippen LogP contribution in [0, 0.1) is 0 Å². The van der Waals surface area contributed by atoms with Crippen molar-refractivity contribution in [3.8, 4) is 5.75 Å². The van der Waals surface area contributed by atoms with Crippen LogP contribution < -0.4 is 4.74 Å². The molecule has 4 aromatic rings. The second-order valence-corrected chi connectivity index (χ2v) is 11.2. The maximum absolute atomic E-state index is 13.3. The minimum atomic E-state index is -0.300. The van der Waals surface area contributed by atoms with Crippen LogP contribution >= 0.6 is 0 Å². The molecule has 4 atom stereocenters. The largest absolute Gasteiger partial charge is 0.488 e. The number of rotatable bonds is 13. The topological polar surface area (TPSA) is 57.2 Å². The highest BCUT2D eigenvalue weighted by Crippen LogP contribution is 2.40. The van der Waals surface area contributed by atoms with E-state index in [4.69, 9.17) is 18.9 Å². The molecule has 0 saturated carbocycles. The maximum atomic E-state index is 13.3. The van der Waals surface area contributed by atoms with E-state index >= 15 is 0 Å². The monoisotopic (exact) mass is 593 g/mol. The number of carbonyl (C=O) groups excluding carboxylic acids is 1. The standard InChI is InChI=1S/C38H43NO5/c1-4-39(5-2)38(40)32-21-22-33(34(23-32)41-25-29-15-9-6-10-16-29)35-24-36(42-26-30-17-11-7-12-18-30)37(28(3)44-35)43-27-31-19-13-8-14-20-31/h6-23,28,35-37H,4-5,24-27H2,1-3H3/t28-,35?,36-,37-/m0/s1. The van der Waals surface area contributed by atoms with Crippen LogP contribution in [0.3, 0.4) is 0 Å². The zero-order valence-corrected chi connectivity index (χ0v) is 25.9. The predicted octanol–water partition coefficient (Wildman–Crippen LogP) is 7.77. The summed E-state index contributed by atoms with van der Waals surface area (Å²) in [4.78, 5) is 15.1. The van der Waals surface area contributed by atoms with E-state index in [1.54, 1.807) is 0 Å². The second kappa shape index (κ2) is 15.7. The number of amides is 1. The van der Waals surface area contributed by atoms with E-state index in [0.717, 1.165) is 22.3 Å².